The average molecular weight is 423 g/mol. The van der Waals surface area contributed by atoms with Crippen molar-refractivity contribution in [3.05, 3.63) is 58.1 Å². The van der Waals surface area contributed by atoms with Crippen LogP contribution in [-0.2, 0) is 10.5 Å². The number of carbonyl (C=O) groups excluding carboxylic acids is 1. The number of amides is 1. The zero-order valence-corrected chi connectivity index (χ0v) is 16.4. The molecule has 0 aromatic heterocycles. The van der Waals surface area contributed by atoms with Crippen LogP contribution in [0.4, 0.5) is 0 Å². The van der Waals surface area contributed by atoms with Gasteiger partial charge in [0.15, 0.2) is 0 Å². The van der Waals surface area contributed by atoms with E-state index in [1.165, 1.54) is 18.0 Å². The van der Waals surface area contributed by atoms with Gasteiger partial charge >= 0.3 is 0 Å². The summed E-state index contributed by atoms with van der Waals surface area (Å²) in [4.78, 5) is 11.9. The normalized spacial score (nSPS) is 10.7. The molecule has 2 aromatic rings. The molecule has 1 N–H and O–H groups in total. The molecule has 0 aliphatic heterocycles. The molecule has 0 heterocycles. The van der Waals surface area contributed by atoms with Gasteiger partial charge in [-0.3, -0.25) is 4.79 Å². The van der Waals surface area contributed by atoms with E-state index in [0.29, 0.717) is 17.3 Å². The predicted molar refractivity (Wildman–Crippen MR) is 106 cm³/mol. The Bertz CT molecular complexity index is 753. The highest BCUT2D eigenvalue weighted by atomic mass is 79.9. The number of ether oxygens (including phenoxy) is 2. The Morgan fingerprint density at radius 2 is 2.04 bits per heavy atom. The van der Waals surface area contributed by atoms with Crippen molar-refractivity contribution in [3.8, 4) is 11.5 Å². The van der Waals surface area contributed by atoms with Crippen LogP contribution in [0.1, 0.15) is 11.1 Å². The molecule has 0 unspecified atom stereocenters. The minimum Gasteiger partial charge on any atom is -0.497 e. The summed E-state index contributed by atoms with van der Waals surface area (Å²) in [7, 11) is 3.17. The van der Waals surface area contributed by atoms with Gasteiger partial charge in [0.25, 0.3) is 0 Å². The first-order valence-corrected chi connectivity index (χ1v) is 9.44. The summed E-state index contributed by atoms with van der Waals surface area (Å²) < 4.78 is 11.5. The number of nitrogens with one attached hydrogen (secondary N) is 1. The third kappa shape index (κ3) is 6.10. The van der Waals surface area contributed by atoms with E-state index < -0.39 is 0 Å². The van der Waals surface area contributed by atoms with Crippen LogP contribution in [0.5, 0.6) is 11.5 Å². The second-order valence-corrected chi connectivity index (χ2v) is 6.83. The minimum atomic E-state index is -0.157. The quantitative estimate of drug-likeness (QED) is 0.518. The molecule has 1 amide bonds. The van der Waals surface area contributed by atoms with E-state index in [1.807, 2.05) is 24.3 Å². The van der Waals surface area contributed by atoms with E-state index in [1.54, 1.807) is 32.4 Å². The van der Waals surface area contributed by atoms with E-state index in [2.05, 4.69) is 26.5 Å². The monoisotopic (exact) mass is 422 g/mol. The molecular weight excluding hydrogens is 404 g/mol. The van der Waals surface area contributed by atoms with Gasteiger partial charge in [0.2, 0.25) is 5.91 Å². The lowest BCUT2D eigenvalue weighted by Crippen LogP contribution is -2.19. The number of benzene rings is 2. The van der Waals surface area contributed by atoms with Gasteiger partial charge in [0, 0.05) is 15.8 Å². The zero-order chi connectivity index (χ0) is 18.1. The fraction of sp³-hybridized carbons (Fsp3) is 0.222. The lowest BCUT2D eigenvalue weighted by Gasteiger charge is -2.07. The lowest BCUT2D eigenvalue weighted by atomic mass is 10.2. The van der Waals surface area contributed by atoms with Crippen LogP contribution in [0.25, 0.3) is 0 Å². The molecule has 0 atom stereocenters. The third-order valence-corrected chi connectivity index (χ3v) is 5.03. The first kappa shape index (κ1) is 19.3. The Hall–Kier alpha value is -1.99. The van der Waals surface area contributed by atoms with Crippen molar-refractivity contribution in [1.82, 2.24) is 5.43 Å². The first-order valence-electron chi connectivity index (χ1n) is 7.49. The summed E-state index contributed by atoms with van der Waals surface area (Å²) >= 11 is 5.03. The predicted octanol–water partition coefficient (Wildman–Crippen LogP) is 3.85. The number of halogens is 1. The Labute approximate surface area is 159 Å². The largest absolute Gasteiger partial charge is 0.497 e. The molecule has 0 saturated heterocycles. The van der Waals surface area contributed by atoms with Gasteiger partial charge in [-0.15, -0.1) is 11.8 Å². The van der Waals surface area contributed by atoms with Crippen LogP contribution in [-0.4, -0.2) is 32.1 Å². The van der Waals surface area contributed by atoms with Gasteiger partial charge in [-0.25, -0.2) is 5.43 Å². The Kier molecular flexibility index (Phi) is 7.81. The summed E-state index contributed by atoms with van der Waals surface area (Å²) in [5.74, 6) is 2.27. The van der Waals surface area contributed by atoms with Gasteiger partial charge in [-0.2, -0.15) is 5.10 Å². The first-order chi connectivity index (χ1) is 12.1. The molecule has 2 aromatic carbocycles. The summed E-state index contributed by atoms with van der Waals surface area (Å²) in [6, 6.07) is 13.3. The average Bonchev–Trinajstić information content (AvgIpc) is 2.63. The molecule has 0 fully saturated rings. The highest BCUT2D eigenvalue weighted by molar-refractivity contribution is 9.10. The van der Waals surface area contributed by atoms with Crippen molar-refractivity contribution < 1.29 is 14.3 Å². The number of nitrogens with zero attached hydrogens (tertiary/aromatic N) is 1. The van der Waals surface area contributed by atoms with Crippen LogP contribution in [0.2, 0.25) is 0 Å². The molecule has 7 heteroatoms. The molecule has 2 rings (SSSR count). The van der Waals surface area contributed by atoms with Crippen LogP contribution in [0.15, 0.2) is 52.0 Å². The molecule has 0 aliphatic rings. The van der Waals surface area contributed by atoms with Gasteiger partial charge in [-0.1, -0.05) is 34.1 Å². The highest BCUT2D eigenvalue weighted by Crippen LogP contribution is 2.22. The van der Waals surface area contributed by atoms with Crippen molar-refractivity contribution in [2.45, 2.75) is 5.75 Å². The Balaban J connectivity index is 1.83. The van der Waals surface area contributed by atoms with Crippen LogP contribution in [0.3, 0.4) is 0 Å². The highest BCUT2D eigenvalue weighted by Gasteiger charge is 2.05. The zero-order valence-electron chi connectivity index (χ0n) is 14.0. The van der Waals surface area contributed by atoms with Gasteiger partial charge < -0.3 is 9.47 Å². The molecule has 0 aliphatic carbocycles. The van der Waals surface area contributed by atoms with Crippen molar-refractivity contribution in [2.75, 3.05) is 20.0 Å². The minimum absolute atomic E-state index is 0.157. The van der Waals surface area contributed by atoms with Crippen LogP contribution >= 0.6 is 27.7 Å². The number of hydrazone groups is 1. The summed E-state index contributed by atoms with van der Waals surface area (Å²) in [6.45, 7) is 0. The van der Waals surface area contributed by atoms with Gasteiger partial charge in [-0.05, 0) is 29.8 Å². The van der Waals surface area contributed by atoms with E-state index in [0.717, 1.165) is 21.4 Å². The van der Waals surface area contributed by atoms with E-state index >= 15 is 0 Å². The molecule has 5 nitrogen and oxygen atoms in total. The maximum atomic E-state index is 11.9. The van der Waals surface area contributed by atoms with Crippen molar-refractivity contribution in [3.63, 3.8) is 0 Å². The summed E-state index contributed by atoms with van der Waals surface area (Å²) in [6.07, 6.45) is 1.54. The molecule has 0 bridgehead atoms. The number of hydrogen-bond donors (Lipinski definition) is 1. The molecule has 0 spiro atoms. The van der Waals surface area contributed by atoms with Gasteiger partial charge in [0.1, 0.15) is 11.5 Å². The van der Waals surface area contributed by atoms with Crippen LogP contribution in [0, 0.1) is 0 Å². The standard InChI is InChI=1S/C18H19BrN2O3S/c1-23-15-7-8-17(24-2)14(9-15)10-20-21-18(22)12-25-11-13-5-3-4-6-16(13)19/h3-10H,11-12H2,1-2H3,(H,21,22)/b20-10+. The molecule has 132 valence electrons. The van der Waals surface area contributed by atoms with Crippen molar-refractivity contribution >= 4 is 39.8 Å². The summed E-state index contributed by atoms with van der Waals surface area (Å²) in [5, 5.41) is 3.99. The topological polar surface area (TPSA) is 59.9 Å². The number of methoxy groups -OCH3 is 2. The number of hydrogen-bond acceptors (Lipinski definition) is 5. The van der Waals surface area contributed by atoms with Gasteiger partial charge in [0.05, 0.1) is 26.2 Å². The van der Waals surface area contributed by atoms with Crippen molar-refractivity contribution in [2.24, 2.45) is 5.10 Å². The Morgan fingerprint density at radius 1 is 1.24 bits per heavy atom. The lowest BCUT2D eigenvalue weighted by molar-refractivity contribution is -0.118. The fourth-order valence-corrected chi connectivity index (χ4v) is 3.45. The van der Waals surface area contributed by atoms with E-state index in [9.17, 15) is 4.79 Å². The van der Waals surface area contributed by atoms with E-state index in [4.69, 9.17) is 9.47 Å². The molecule has 0 radical (unpaired) electrons. The smallest absolute Gasteiger partial charge is 0.250 e. The van der Waals surface area contributed by atoms with E-state index in [-0.39, 0.29) is 5.91 Å². The fourth-order valence-electron chi connectivity index (χ4n) is 2.02. The van der Waals surface area contributed by atoms with Crippen LogP contribution < -0.4 is 14.9 Å². The number of carbonyl (C=O) groups is 1. The maximum absolute atomic E-state index is 11.9. The molecule has 0 saturated carbocycles. The third-order valence-electron chi connectivity index (χ3n) is 3.28. The molecule has 25 heavy (non-hydrogen) atoms. The maximum Gasteiger partial charge on any atom is 0.250 e. The van der Waals surface area contributed by atoms with Crippen molar-refractivity contribution in [1.29, 1.82) is 0 Å². The second-order valence-electron chi connectivity index (χ2n) is 4.99. The number of rotatable bonds is 8. The Morgan fingerprint density at radius 3 is 2.76 bits per heavy atom. The summed E-state index contributed by atoms with van der Waals surface area (Å²) in [5.41, 5.74) is 4.40. The molecular formula is C18H19BrN2O3S. The second kappa shape index (κ2) is 10.1. The number of thioether (sulfide) groups is 1. The SMILES string of the molecule is COc1ccc(OC)c(/C=N/NC(=O)CSCc2ccccc2Br)c1.